The van der Waals surface area contributed by atoms with E-state index in [0.717, 1.165) is 5.56 Å². The molecule has 1 aromatic heterocycles. The molecule has 0 unspecified atom stereocenters. The predicted octanol–water partition coefficient (Wildman–Crippen LogP) is 2.38. The number of oxazole rings is 1. The van der Waals surface area contributed by atoms with Gasteiger partial charge in [-0.2, -0.15) is 0 Å². The topological polar surface area (TPSA) is 43.1 Å². The summed E-state index contributed by atoms with van der Waals surface area (Å²) in [5.41, 5.74) is 2.22. The van der Waals surface area contributed by atoms with E-state index < -0.39 is 0 Å². The molecular weight excluding hydrogens is 190 g/mol. The number of halogens is 1. The summed E-state index contributed by atoms with van der Waals surface area (Å²) < 4.78 is 5.12. The van der Waals surface area contributed by atoms with Crippen molar-refractivity contribution in [3.05, 3.63) is 29.7 Å². The molecule has 2 rings (SSSR count). The molecule has 0 saturated carbocycles. The van der Waals surface area contributed by atoms with Crippen molar-refractivity contribution in [1.82, 2.24) is 4.98 Å². The number of carbonyl (C=O) groups is 1. The van der Waals surface area contributed by atoms with Crippen LogP contribution >= 0.6 is 11.6 Å². The fourth-order valence-electron chi connectivity index (χ4n) is 1.12. The predicted molar refractivity (Wildman–Crippen MR) is 49.0 cm³/mol. The number of aromatic nitrogens is 1. The number of nitrogens with zero attached hydrogens (tertiary/aromatic N) is 1. The molecule has 0 fully saturated rings. The smallest absolute Gasteiger partial charge is 0.260 e. The van der Waals surface area contributed by atoms with Gasteiger partial charge in [0, 0.05) is 5.88 Å². The largest absolute Gasteiger partial charge is 0.434 e. The Morgan fingerprint density at radius 1 is 1.54 bits per heavy atom. The Hall–Kier alpha value is -1.35. The van der Waals surface area contributed by atoms with Crippen LogP contribution in [0.3, 0.4) is 0 Å². The molecule has 0 atom stereocenters. The summed E-state index contributed by atoms with van der Waals surface area (Å²) in [7, 11) is 0. The maximum absolute atomic E-state index is 10.3. The monoisotopic (exact) mass is 195 g/mol. The van der Waals surface area contributed by atoms with Crippen LogP contribution in [0.2, 0.25) is 0 Å². The summed E-state index contributed by atoms with van der Waals surface area (Å²) in [6.45, 7) is 0. The normalized spacial score (nSPS) is 10.5. The van der Waals surface area contributed by atoms with Crippen molar-refractivity contribution in [2.45, 2.75) is 5.88 Å². The van der Waals surface area contributed by atoms with Crippen LogP contribution in [0.1, 0.15) is 16.2 Å². The van der Waals surface area contributed by atoms with Crippen LogP contribution in [0, 0.1) is 0 Å². The van der Waals surface area contributed by atoms with Crippen LogP contribution in [0.25, 0.3) is 11.1 Å². The summed E-state index contributed by atoms with van der Waals surface area (Å²) in [6, 6.07) is 5.41. The van der Waals surface area contributed by atoms with E-state index in [2.05, 4.69) is 4.98 Å². The van der Waals surface area contributed by atoms with Crippen LogP contribution in [0.15, 0.2) is 22.6 Å². The van der Waals surface area contributed by atoms with Crippen molar-refractivity contribution < 1.29 is 9.21 Å². The highest BCUT2D eigenvalue weighted by atomic mass is 35.5. The molecule has 0 aliphatic carbocycles. The van der Waals surface area contributed by atoms with E-state index in [1.807, 2.05) is 6.07 Å². The maximum Gasteiger partial charge on any atom is 0.260 e. The lowest BCUT2D eigenvalue weighted by Crippen LogP contribution is -1.76. The zero-order valence-corrected chi connectivity index (χ0v) is 7.41. The van der Waals surface area contributed by atoms with Crippen LogP contribution in [-0.4, -0.2) is 11.3 Å². The maximum atomic E-state index is 10.3. The molecule has 4 heteroatoms. The lowest BCUT2D eigenvalue weighted by Gasteiger charge is -1.91. The Balaban J connectivity index is 2.63. The minimum absolute atomic E-state index is 0.0988. The van der Waals surface area contributed by atoms with Gasteiger partial charge in [-0.1, -0.05) is 6.07 Å². The van der Waals surface area contributed by atoms with Gasteiger partial charge in [-0.05, 0) is 17.7 Å². The Morgan fingerprint density at radius 2 is 2.38 bits per heavy atom. The molecule has 2 aromatic rings. The van der Waals surface area contributed by atoms with Crippen molar-refractivity contribution in [1.29, 1.82) is 0 Å². The second-order valence-corrected chi connectivity index (χ2v) is 2.87. The summed E-state index contributed by atoms with van der Waals surface area (Å²) in [6.07, 6.45) is 0.584. The van der Waals surface area contributed by atoms with Crippen molar-refractivity contribution in [2.24, 2.45) is 0 Å². The molecule has 0 N–H and O–H groups in total. The average molecular weight is 196 g/mol. The first kappa shape index (κ1) is 8.26. The summed E-state index contributed by atoms with van der Waals surface area (Å²) in [5, 5.41) is 0. The SMILES string of the molecule is O=Cc1nc2ccc(CCl)cc2o1. The first-order valence-corrected chi connectivity index (χ1v) is 4.27. The molecule has 1 heterocycles. The molecule has 66 valence electrons. The van der Waals surface area contributed by atoms with E-state index in [-0.39, 0.29) is 5.89 Å². The Morgan fingerprint density at radius 3 is 3.08 bits per heavy atom. The van der Waals surface area contributed by atoms with Crippen molar-refractivity contribution in [3.8, 4) is 0 Å². The quantitative estimate of drug-likeness (QED) is 0.546. The lowest BCUT2D eigenvalue weighted by atomic mass is 10.2. The average Bonchev–Trinajstić information content (AvgIpc) is 2.58. The molecule has 0 spiro atoms. The fraction of sp³-hybridized carbons (Fsp3) is 0.111. The van der Waals surface area contributed by atoms with Crippen molar-refractivity contribution >= 4 is 29.0 Å². The van der Waals surface area contributed by atoms with Crippen molar-refractivity contribution in [3.63, 3.8) is 0 Å². The number of alkyl halides is 1. The van der Waals surface area contributed by atoms with E-state index in [9.17, 15) is 4.79 Å². The van der Waals surface area contributed by atoms with Gasteiger partial charge in [0.1, 0.15) is 5.52 Å². The summed E-state index contributed by atoms with van der Waals surface area (Å²) in [4.78, 5) is 14.3. The summed E-state index contributed by atoms with van der Waals surface area (Å²) >= 11 is 5.64. The highest BCUT2D eigenvalue weighted by Crippen LogP contribution is 2.17. The Labute approximate surface area is 79.3 Å². The first-order valence-electron chi connectivity index (χ1n) is 3.74. The zero-order chi connectivity index (χ0) is 9.26. The van der Waals surface area contributed by atoms with Gasteiger partial charge in [-0.15, -0.1) is 11.6 Å². The fourth-order valence-corrected chi connectivity index (χ4v) is 1.29. The second kappa shape index (κ2) is 3.18. The number of rotatable bonds is 2. The number of benzene rings is 1. The highest BCUT2D eigenvalue weighted by molar-refractivity contribution is 6.17. The zero-order valence-electron chi connectivity index (χ0n) is 6.66. The standard InChI is InChI=1S/C9H6ClNO2/c10-4-6-1-2-7-8(3-6)13-9(5-12)11-7/h1-3,5H,4H2. The molecule has 13 heavy (non-hydrogen) atoms. The van der Waals surface area contributed by atoms with E-state index in [1.54, 1.807) is 12.1 Å². The lowest BCUT2D eigenvalue weighted by molar-refractivity contribution is 0.109. The molecule has 0 radical (unpaired) electrons. The summed E-state index contributed by atoms with van der Waals surface area (Å²) in [5.74, 6) is 0.522. The molecular formula is C9H6ClNO2. The number of carbonyl (C=O) groups excluding carboxylic acids is 1. The van der Waals surface area contributed by atoms with Crippen LogP contribution in [0.4, 0.5) is 0 Å². The van der Waals surface area contributed by atoms with E-state index in [1.165, 1.54) is 0 Å². The van der Waals surface area contributed by atoms with Crippen LogP contribution in [0.5, 0.6) is 0 Å². The van der Waals surface area contributed by atoms with E-state index in [4.69, 9.17) is 16.0 Å². The molecule has 0 aliphatic heterocycles. The highest BCUT2D eigenvalue weighted by Gasteiger charge is 2.04. The second-order valence-electron chi connectivity index (χ2n) is 2.61. The van der Waals surface area contributed by atoms with Gasteiger partial charge in [-0.3, -0.25) is 4.79 Å². The number of hydrogen-bond donors (Lipinski definition) is 0. The number of aldehydes is 1. The third-order valence-electron chi connectivity index (χ3n) is 1.72. The number of fused-ring (bicyclic) bond motifs is 1. The van der Waals surface area contributed by atoms with Gasteiger partial charge in [0.2, 0.25) is 6.29 Å². The van der Waals surface area contributed by atoms with Gasteiger partial charge < -0.3 is 4.42 Å². The van der Waals surface area contributed by atoms with Gasteiger partial charge in [0.05, 0.1) is 0 Å². The van der Waals surface area contributed by atoms with Crippen LogP contribution < -0.4 is 0 Å². The van der Waals surface area contributed by atoms with Gasteiger partial charge in [0.15, 0.2) is 5.58 Å². The third kappa shape index (κ3) is 1.42. The third-order valence-corrected chi connectivity index (χ3v) is 2.03. The molecule has 0 aliphatic rings. The van der Waals surface area contributed by atoms with E-state index >= 15 is 0 Å². The molecule has 0 amide bonds. The van der Waals surface area contributed by atoms with Crippen LogP contribution in [-0.2, 0) is 5.88 Å². The first-order chi connectivity index (χ1) is 6.33. The molecule has 0 saturated heterocycles. The minimum atomic E-state index is 0.0988. The van der Waals surface area contributed by atoms with Crippen molar-refractivity contribution in [2.75, 3.05) is 0 Å². The molecule has 0 bridgehead atoms. The van der Waals surface area contributed by atoms with Gasteiger partial charge in [-0.25, -0.2) is 4.98 Å². The van der Waals surface area contributed by atoms with Gasteiger partial charge >= 0.3 is 0 Å². The minimum Gasteiger partial charge on any atom is -0.434 e. The molecule has 3 nitrogen and oxygen atoms in total. The van der Waals surface area contributed by atoms with Gasteiger partial charge in [0.25, 0.3) is 5.89 Å². The van der Waals surface area contributed by atoms with E-state index in [0.29, 0.717) is 23.3 Å². The Bertz CT molecular complexity index is 450. The number of hydrogen-bond acceptors (Lipinski definition) is 3. The molecule has 1 aromatic carbocycles. The Kier molecular flexibility index (Phi) is 2.02.